The number of halogens is 2. The number of sulfonamides is 1. The first-order chi connectivity index (χ1) is 15.8. The second kappa shape index (κ2) is 11.8. The van der Waals surface area contributed by atoms with E-state index in [1.54, 1.807) is 54.2 Å². The molecule has 174 valence electrons. The summed E-state index contributed by atoms with van der Waals surface area (Å²) in [4.78, 5) is 12.4. The molecule has 3 aromatic carbocycles. The Morgan fingerprint density at radius 3 is 2.18 bits per heavy atom. The molecule has 0 saturated carbocycles. The predicted octanol–water partition coefficient (Wildman–Crippen LogP) is 5.62. The Morgan fingerprint density at radius 1 is 0.939 bits per heavy atom. The Labute approximate surface area is 209 Å². The minimum atomic E-state index is -3.61. The summed E-state index contributed by atoms with van der Waals surface area (Å²) >= 11 is 14.2. The molecule has 3 rings (SSSR count). The Kier molecular flexibility index (Phi) is 9.09. The van der Waals surface area contributed by atoms with Gasteiger partial charge in [-0.05, 0) is 42.0 Å². The highest BCUT2D eigenvalue weighted by Crippen LogP contribution is 2.29. The van der Waals surface area contributed by atoms with E-state index in [4.69, 9.17) is 23.2 Å². The van der Waals surface area contributed by atoms with Crippen molar-refractivity contribution in [2.24, 2.45) is 0 Å². The number of hydrogen-bond donors (Lipinski definition) is 1. The van der Waals surface area contributed by atoms with Gasteiger partial charge in [-0.25, -0.2) is 8.42 Å². The molecule has 0 unspecified atom stereocenters. The van der Waals surface area contributed by atoms with E-state index in [0.29, 0.717) is 33.4 Å². The highest BCUT2D eigenvalue weighted by atomic mass is 35.5. The minimum Gasteiger partial charge on any atom is -0.351 e. The van der Waals surface area contributed by atoms with Gasteiger partial charge in [0.05, 0.1) is 18.5 Å². The topological polar surface area (TPSA) is 66.5 Å². The van der Waals surface area contributed by atoms with Crippen molar-refractivity contribution >= 4 is 56.6 Å². The summed E-state index contributed by atoms with van der Waals surface area (Å²) in [6, 6.07) is 21.6. The van der Waals surface area contributed by atoms with E-state index < -0.39 is 10.0 Å². The van der Waals surface area contributed by atoms with Crippen molar-refractivity contribution in [3.05, 3.63) is 99.5 Å². The van der Waals surface area contributed by atoms with Crippen molar-refractivity contribution in [3.8, 4) is 0 Å². The Bertz CT molecular complexity index is 1170. The molecule has 5 nitrogen and oxygen atoms in total. The number of carbonyl (C=O) groups is 1. The van der Waals surface area contributed by atoms with Gasteiger partial charge in [0.15, 0.2) is 0 Å². The number of rotatable bonds is 10. The molecule has 0 aliphatic heterocycles. The molecule has 0 fully saturated rings. The van der Waals surface area contributed by atoms with Gasteiger partial charge in [-0.2, -0.15) is 11.8 Å². The molecule has 0 bridgehead atoms. The minimum absolute atomic E-state index is 0.0124. The fourth-order valence-corrected chi connectivity index (χ4v) is 5.31. The molecule has 0 radical (unpaired) electrons. The first kappa shape index (κ1) is 25.4. The molecular formula is C24H24Cl2N2O3S2. The van der Waals surface area contributed by atoms with Gasteiger partial charge in [0.25, 0.3) is 5.91 Å². The SMILES string of the molecule is CS(=O)(=O)N(Cc1c(Cl)cccc1Cl)c1ccc(C(=O)NCCSCc2ccccc2)cc1. The van der Waals surface area contributed by atoms with Crippen LogP contribution in [0.15, 0.2) is 72.8 Å². The molecule has 0 heterocycles. The van der Waals surface area contributed by atoms with Crippen LogP contribution in [0.3, 0.4) is 0 Å². The highest BCUT2D eigenvalue weighted by molar-refractivity contribution is 7.98. The van der Waals surface area contributed by atoms with Crippen LogP contribution >= 0.6 is 35.0 Å². The normalized spacial score (nSPS) is 11.2. The largest absolute Gasteiger partial charge is 0.351 e. The van der Waals surface area contributed by atoms with Crippen LogP contribution in [0.5, 0.6) is 0 Å². The lowest BCUT2D eigenvalue weighted by Crippen LogP contribution is -2.30. The second-order valence-corrected chi connectivity index (χ2v) is 11.1. The van der Waals surface area contributed by atoms with Gasteiger partial charge in [-0.15, -0.1) is 0 Å². The number of nitrogens with zero attached hydrogens (tertiary/aromatic N) is 1. The average Bonchev–Trinajstić information content (AvgIpc) is 2.78. The number of carbonyl (C=O) groups excluding carboxylic acids is 1. The number of thioether (sulfide) groups is 1. The van der Waals surface area contributed by atoms with Gasteiger partial charge in [0, 0.05) is 39.2 Å². The van der Waals surface area contributed by atoms with E-state index in [1.807, 2.05) is 18.2 Å². The maximum Gasteiger partial charge on any atom is 0.251 e. The zero-order valence-corrected chi connectivity index (χ0v) is 21.1. The monoisotopic (exact) mass is 522 g/mol. The van der Waals surface area contributed by atoms with E-state index >= 15 is 0 Å². The third-order valence-electron chi connectivity index (χ3n) is 4.82. The summed E-state index contributed by atoms with van der Waals surface area (Å²) in [5, 5.41) is 3.67. The molecule has 0 aliphatic rings. The molecule has 3 aromatic rings. The van der Waals surface area contributed by atoms with Crippen molar-refractivity contribution in [1.82, 2.24) is 5.32 Å². The molecule has 1 N–H and O–H groups in total. The van der Waals surface area contributed by atoms with Gasteiger partial charge >= 0.3 is 0 Å². The summed E-state index contributed by atoms with van der Waals surface area (Å²) in [5.41, 5.74) is 2.64. The Hall–Kier alpha value is -2.19. The van der Waals surface area contributed by atoms with Crippen LogP contribution in [0.2, 0.25) is 10.0 Å². The van der Waals surface area contributed by atoms with E-state index in [9.17, 15) is 13.2 Å². The number of benzene rings is 3. The summed E-state index contributed by atoms with van der Waals surface area (Å²) in [7, 11) is -3.61. The molecule has 0 atom stereocenters. The molecule has 0 saturated heterocycles. The summed E-state index contributed by atoms with van der Waals surface area (Å²) in [5.74, 6) is 1.48. The Balaban J connectivity index is 1.60. The summed E-state index contributed by atoms with van der Waals surface area (Å²) < 4.78 is 26.1. The number of hydrogen-bond acceptors (Lipinski definition) is 4. The first-order valence-corrected chi connectivity index (χ1v) is 13.9. The lowest BCUT2D eigenvalue weighted by molar-refractivity contribution is 0.0956. The van der Waals surface area contributed by atoms with Gasteiger partial charge in [0.2, 0.25) is 10.0 Å². The first-order valence-electron chi connectivity index (χ1n) is 10.2. The smallest absolute Gasteiger partial charge is 0.251 e. The zero-order chi connectivity index (χ0) is 23.8. The third kappa shape index (κ3) is 7.40. The molecule has 33 heavy (non-hydrogen) atoms. The van der Waals surface area contributed by atoms with Crippen molar-refractivity contribution in [2.75, 3.05) is 22.9 Å². The molecule has 0 aromatic heterocycles. The predicted molar refractivity (Wildman–Crippen MR) is 139 cm³/mol. The fraction of sp³-hybridized carbons (Fsp3) is 0.208. The van der Waals surface area contributed by atoms with Crippen LogP contribution in [-0.2, 0) is 22.3 Å². The quantitative estimate of drug-likeness (QED) is 0.350. The number of nitrogens with one attached hydrogen (secondary N) is 1. The maximum absolute atomic E-state index is 12.4. The number of anilines is 1. The van der Waals surface area contributed by atoms with Crippen LogP contribution in [0.25, 0.3) is 0 Å². The van der Waals surface area contributed by atoms with E-state index in [2.05, 4.69) is 17.4 Å². The van der Waals surface area contributed by atoms with Gasteiger partial charge < -0.3 is 5.32 Å². The lowest BCUT2D eigenvalue weighted by Gasteiger charge is -2.23. The van der Waals surface area contributed by atoms with E-state index in [1.165, 1.54) is 9.87 Å². The molecule has 9 heteroatoms. The van der Waals surface area contributed by atoms with Gasteiger partial charge in [0.1, 0.15) is 0 Å². The lowest BCUT2D eigenvalue weighted by atomic mass is 10.1. The van der Waals surface area contributed by atoms with E-state index in [0.717, 1.165) is 17.8 Å². The summed E-state index contributed by atoms with van der Waals surface area (Å²) in [6.07, 6.45) is 1.12. The van der Waals surface area contributed by atoms with Gasteiger partial charge in [-0.3, -0.25) is 9.10 Å². The van der Waals surface area contributed by atoms with Crippen LogP contribution in [-0.4, -0.2) is 32.9 Å². The van der Waals surface area contributed by atoms with Crippen LogP contribution in [0.4, 0.5) is 5.69 Å². The van der Waals surface area contributed by atoms with Crippen molar-refractivity contribution in [2.45, 2.75) is 12.3 Å². The zero-order valence-electron chi connectivity index (χ0n) is 18.0. The van der Waals surface area contributed by atoms with Crippen molar-refractivity contribution < 1.29 is 13.2 Å². The molecular weight excluding hydrogens is 499 g/mol. The Morgan fingerprint density at radius 2 is 1.58 bits per heavy atom. The number of amides is 1. The van der Waals surface area contributed by atoms with E-state index in [-0.39, 0.29) is 12.5 Å². The standard InChI is InChI=1S/C24H24Cl2N2O3S2/c1-33(30,31)28(16-21-22(25)8-5-9-23(21)26)20-12-10-19(11-13-20)24(29)27-14-15-32-17-18-6-3-2-4-7-18/h2-13H,14-17H2,1H3,(H,27,29). The molecule has 0 spiro atoms. The van der Waals surface area contributed by atoms with Crippen LogP contribution < -0.4 is 9.62 Å². The highest BCUT2D eigenvalue weighted by Gasteiger charge is 2.21. The third-order valence-corrected chi connectivity index (χ3v) is 7.70. The molecule has 1 amide bonds. The fourth-order valence-electron chi connectivity index (χ4n) is 3.11. The molecule has 0 aliphatic carbocycles. The van der Waals surface area contributed by atoms with Gasteiger partial charge in [-0.1, -0.05) is 59.6 Å². The van der Waals surface area contributed by atoms with Crippen LogP contribution in [0, 0.1) is 0 Å². The average molecular weight is 524 g/mol. The maximum atomic E-state index is 12.4. The second-order valence-electron chi connectivity index (χ2n) is 7.31. The summed E-state index contributed by atoms with van der Waals surface area (Å²) in [6.45, 7) is 0.528. The van der Waals surface area contributed by atoms with Crippen molar-refractivity contribution in [1.29, 1.82) is 0 Å². The van der Waals surface area contributed by atoms with Crippen LogP contribution in [0.1, 0.15) is 21.5 Å². The van der Waals surface area contributed by atoms with Crippen molar-refractivity contribution in [3.63, 3.8) is 0 Å².